The zero-order valence-corrected chi connectivity index (χ0v) is 16.3. The number of thioether (sulfide) groups is 1. The van der Waals surface area contributed by atoms with Crippen LogP contribution in [0, 0.1) is 3.57 Å². The molecule has 6 heteroatoms. The van der Waals surface area contributed by atoms with Crippen LogP contribution in [0.25, 0.3) is 0 Å². The summed E-state index contributed by atoms with van der Waals surface area (Å²) in [7, 11) is 0. The quantitative estimate of drug-likeness (QED) is 0.287. The lowest BCUT2D eigenvalue weighted by atomic mass is 10.1. The SMILES string of the molecule is CC(=NNC(=O)CCSc1ccc(Cl)cc1)c1ccc(I)cc1. The molecule has 120 valence electrons. The van der Waals surface area contributed by atoms with Crippen LogP contribution < -0.4 is 5.43 Å². The molecule has 0 unspecified atom stereocenters. The van der Waals surface area contributed by atoms with Crippen LogP contribution in [0.15, 0.2) is 58.5 Å². The molecule has 2 aromatic rings. The van der Waals surface area contributed by atoms with Gasteiger partial charge in [0, 0.05) is 25.7 Å². The Hall–Kier alpha value is -1.05. The molecule has 0 saturated heterocycles. The van der Waals surface area contributed by atoms with Crippen LogP contribution in [0.4, 0.5) is 0 Å². The lowest BCUT2D eigenvalue weighted by Crippen LogP contribution is -2.19. The van der Waals surface area contributed by atoms with E-state index >= 15 is 0 Å². The minimum atomic E-state index is -0.0867. The number of halogens is 2. The Labute approximate surface area is 159 Å². The van der Waals surface area contributed by atoms with E-state index in [1.54, 1.807) is 11.8 Å². The first-order chi connectivity index (χ1) is 11.0. The summed E-state index contributed by atoms with van der Waals surface area (Å²) in [6.45, 7) is 1.88. The van der Waals surface area contributed by atoms with Gasteiger partial charge in [-0.15, -0.1) is 11.8 Å². The molecule has 0 spiro atoms. The average molecular weight is 459 g/mol. The molecule has 1 amide bonds. The number of nitrogens with zero attached hydrogens (tertiary/aromatic N) is 1. The van der Waals surface area contributed by atoms with Gasteiger partial charge in [-0.05, 0) is 71.5 Å². The predicted molar refractivity (Wildman–Crippen MR) is 106 cm³/mol. The third-order valence-electron chi connectivity index (χ3n) is 3.02. The number of hydrazone groups is 1. The second-order valence-corrected chi connectivity index (χ2v) is 7.64. The van der Waals surface area contributed by atoms with Gasteiger partial charge < -0.3 is 0 Å². The monoisotopic (exact) mass is 458 g/mol. The fourth-order valence-electron chi connectivity index (χ4n) is 1.75. The second-order valence-electron chi connectivity index (χ2n) is 4.79. The summed E-state index contributed by atoms with van der Waals surface area (Å²) in [6, 6.07) is 15.6. The first-order valence-corrected chi connectivity index (χ1v) is 9.46. The van der Waals surface area contributed by atoms with Crippen molar-refractivity contribution < 1.29 is 4.79 Å². The molecule has 0 aliphatic rings. The number of hydrogen-bond donors (Lipinski definition) is 1. The van der Waals surface area contributed by atoms with Crippen molar-refractivity contribution in [2.45, 2.75) is 18.2 Å². The molecule has 0 saturated carbocycles. The topological polar surface area (TPSA) is 41.5 Å². The van der Waals surface area contributed by atoms with Gasteiger partial charge in [-0.2, -0.15) is 5.10 Å². The average Bonchev–Trinajstić information content (AvgIpc) is 2.55. The smallest absolute Gasteiger partial charge is 0.240 e. The Morgan fingerprint density at radius 2 is 1.83 bits per heavy atom. The number of hydrogen-bond acceptors (Lipinski definition) is 3. The van der Waals surface area contributed by atoms with Gasteiger partial charge in [0.2, 0.25) is 5.91 Å². The molecule has 0 atom stereocenters. The van der Waals surface area contributed by atoms with Crippen molar-refractivity contribution in [2.24, 2.45) is 5.10 Å². The molecule has 23 heavy (non-hydrogen) atoms. The number of rotatable bonds is 6. The van der Waals surface area contributed by atoms with Gasteiger partial charge in [0.15, 0.2) is 0 Å². The van der Waals surface area contributed by atoms with Crippen LogP contribution >= 0.6 is 46.0 Å². The summed E-state index contributed by atoms with van der Waals surface area (Å²) in [6.07, 6.45) is 0.413. The highest BCUT2D eigenvalue weighted by Gasteiger charge is 2.03. The maximum absolute atomic E-state index is 11.8. The van der Waals surface area contributed by atoms with Crippen LogP contribution in [-0.2, 0) is 4.79 Å². The summed E-state index contributed by atoms with van der Waals surface area (Å²) in [5.74, 6) is 0.613. The molecule has 0 heterocycles. The third kappa shape index (κ3) is 6.53. The van der Waals surface area contributed by atoms with E-state index in [1.807, 2.05) is 55.5 Å². The maximum atomic E-state index is 11.8. The molecule has 0 radical (unpaired) electrons. The molecule has 0 fully saturated rings. The highest BCUT2D eigenvalue weighted by Crippen LogP contribution is 2.20. The van der Waals surface area contributed by atoms with Crippen molar-refractivity contribution in [1.29, 1.82) is 0 Å². The maximum Gasteiger partial charge on any atom is 0.240 e. The van der Waals surface area contributed by atoms with Crippen molar-refractivity contribution in [3.63, 3.8) is 0 Å². The number of nitrogens with one attached hydrogen (secondary N) is 1. The molecule has 0 aliphatic carbocycles. The molecule has 3 nitrogen and oxygen atoms in total. The van der Waals surface area contributed by atoms with E-state index in [0.717, 1.165) is 16.2 Å². The molecule has 2 rings (SSSR count). The Kier molecular flexibility index (Phi) is 7.39. The number of amides is 1. The summed E-state index contributed by atoms with van der Waals surface area (Å²) in [5, 5.41) is 4.86. The first-order valence-electron chi connectivity index (χ1n) is 7.02. The molecular formula is C17H16ClIN2OS. The van der Waals surface area contributed by atoms with Gasteiger partial charge in [-0.25, -0.2) is 5.43 Å². The van der Waals surface area contributed by atoms with Crippen LogP contribution in [0.2, 0.25) is 5.02 Å². The molecule has 0 bridgehead atoms. The van der Waals surface area contributed by atoms with Crippen molar-refractivity contribution in [3.8, 4) is 0 Å². The van der Waals surface area contributed by atoms with Crippen LogP contribution in [0.5, 0.6) is 0 Å². The van der Waals surface area contributed by atoms with Crippen molar-refractivity contribution in [2.75, 3.05) is 5.75 Å². The summed E-state index contributed by atoms with van der Waals surface area (Å²) < 4.78 is 1.17. The molecule has 0 aromatic heterocycles. The van der Waals surface area contributed by atoms with Crippen LogP contribution in [0.1, 0.15) is 18.9 Å². The molecule has 1 N–H and O–H groups in total. The number of benzene rings is 2. The second kappa shape index (κ2) is 9.30. The largest absolute Gasteiger partial charge is 0.273 e. The summed E-state index contributed by atoms with van der Waals surface area (Å²) in [4.78, 5) is 12.9. The summed E-state index contributed by atoms with van der Waals surface area (Å²) in [5.41, 5.74) is 4.40. The minimum Gasteiger partial charge on any atom is -0.273 e. The van der Waals surface area contributed by atoms with Gasteiger partial charge in [0.05, 0.1) is 5.71 Å². The van der Waals surface area contributed by atoms with Gasteiger partial charge in [0.1, 0.15) is 0 Å². The van der Waals surface area contributed by atoms with E-state index in [4.69, 9.17) is 11.6 Å². The Balaban J connectivity index is 1.77. The minimum absolute atomic E-state index is 0.0867. The van der Waals surface area contributed by atoms with Crippen molar-refractivity contribution in [1.82, 2.24) is 5.43 Å². The lowest BCUT2D eigenvalue weighted by molar-refractivity contribution is -0.120. The highest BCUT2D eigenvalue weighted by molar-refractivity contribution is 14.1. The third-order valence-corrected chi connectivity index (χ3v) is 5.01. The standard InChI is InChI=1S/C17H16ClIN2OS/c1-12(13-2-6-15(19)7-3-13)20-21-17(22)10-11-23-16-8-4-14(18)5-9-16/h2-9H,10-11H2,1H3,(H,21,22). The summed E-state index contributed by atoms with van der Waals surface area (Å²) >= 11 is 9.71. The lowest BCUT2D eigenvalue weighted by Gasteiger charge is -2.04. The van der Waals surface area contributed by atoms with Gasteiger partial charge in [0.25, 0.3) is 0 Å². The van der Waals surface area contributed by atoms with E-state index in [-0.39, 0.29) is 5.91 Å². The first kappa shape index (κ1) is 18.3. The van der Waals surface area contributed by atoms with E-state index < -0.39 is 0 Å². The van der Waals surface area contributed by atoms with Crippen molar-refractivity contribution in [3.05, 3.63) is 62.7 Å². The predicted octanol–water partition coefficient (Wildman–Crippen LogP) is 4.97. The number of carbonyl (C=O) groups excluding carboxylic acids is 1. The Morgan fingerprint density at radius 3 is 2.48 bits per heavy atom. The Morgan fingerprint density at radius 1 is 1.17 bits per heavy atom. The van der Waals surface area contributed by atoms with Gasteiger partial charge in [-0.1, -0.05) is 23.7 Å². The normalized spacial score (nSPS) is 11.3. The van der Waals surface area contributed by atoms with Crippen LogP contribution in [-0.4, -0.2) is 17.4 Å². The van der Waals surface area contributed by atoms with E-state index in [1.165, 1.54) is 3.57 Å². The fraction of sp³-hybridized carbons (Fsp3) is 0.176. The zero-order valence-electron chi connectivity index (χ0n) is 12.6. The van der Waals surface area contributed by atoms with E-state index in [0.29, 0.717) is 17.2 Å². The highest BCUT2D eigenvalue weighted by atomic mass is 127. The van der Waals surface area contributed by atoms with E-state index in [2.05, 4.69) is 33.1 Å². The Bertz CT molecular complexity index is 687. The van der Waals surface area contributed by atoms with Crippen LogP contribution in [0.3, 0.4) is 0 Å². The molecule has 2 aromatic carbocycles. The van der Waals surface area contributed by atoms with E-state index in [9.17, 15) is 4.79 Å². The van der Waals surface area contributed by atoms with Gasteiger partial charge >= 0.3 is 0 Å². The van der Waals surface area contributed by atoms with Gasteiger partial charge in [-0.3, -0.25) is 4.79 Å². The fourth-order valence-corrected chi connectivity index (χ4v) is 3.09. The van der Waals surface area contributed by atoms with Crippen molar-refractivity contribution >= 4 is 57.6 Å². The zero-order chi connectivity index (χ0) is 16.7. The number of carbonyl (C=O) groups is 1. The molecule has 0 aliphatic heterocycles. The molecular weight excluding hydrogens is 443 g/mol.